The maximum atomic E-state index is 12.8. The number of rotatable bonds is 7. The molecule has 2 amide bonds. The van der Waals surface area contributed by atoms with Crippen LogP contribution in [0.5, 0.6) is 11.5 Å². The van der Waals surface area contributed by atoms with Crippen LogP contribution < -0.4 is 20.1 Å². The minimum atomic E-state index is -0.544. The van der Waals surface area contributed by atoms with Crippen LogP contribution in [0.25, 0.3) is 0 Å². The maximum absolute atomic E-state index is 12.8. The lowest BCUT2D eigenvalue weighted by Gasteiger charge is -2.16. The molecule has 0 aliphatic heterocycles. The predicted molar refractivity (Wildman–Crippen MR) is 120 cm³/mol. The number of ether oxygens (including phenoxy) is 3. The third kappa shape index (κ3) is 5.04. The number of carbonyl (C=O) groups is 3. The molecule has 2 N–H and O–H groups in total. The van der Waals surface area contributed by atoms with Gasteiger partial charge >= 0.3 is 5.97 Å². The Hall–Kier alpha value is -4.33. The zero-order valence-electron chi connectivity index (χ0n) is 17.8. The van der Waals surface area contributed by atoms with Crippen LogP contribution in [0.15, 0.2) is 66.7 Å². The first kappa shape index (κ1) is 22.4. The molecule has 32 heavy (non-hydrogen) atoms. The summed E-state index contributed by atoms with van der Waals surface area (Å²) in [6.07, 6.45) is 0. The molecule has 0 atom stereocenters. The van der Waals surface area contributed by atoms with Crippen LogP contribution in [-0.4, -0.2) is 39.1 Å². The van der Waals surface area contributed by atoms with Gasteiger partial charge < -0.3 is 24.8 Å². The van der Waals surface area contributed by atoms with Gasteiger partial charge in [-0.1, -0.05) is 24.3 Å². The highest BCUT2D eigenvalue weighted by Gasteiger charge is 2.17. The van der Waals surface area contributed by atoms with Crippen LogP contribution in [0.2, 0.25) is 0 Å². The van der Waals surface area contributed by atoms with E-state index in [-0.39, 0.29) is 17.0 Å². The summed E-state index contributed by atoms with van der Waals surface area (Å²) < 4.78 is 15.5. The molecule has 3 aromatic rings. The summed E-state index contributed by atoms with van der Waals surface area (Å²) in [7, 11) is 4.16. The van der Waals surface area contributed by atoms with Gasteiger partial charge in [0.2, 0.25) is 0 Å². The number of nitrogens with one attached hydrogen (secondary N) is 2. The predicted octanol–water partition coefficient (Wildman–Crippen LogP) is 4.00. The molecule has 0 fully saturated rings. The van der Waals surface area contributed by atoms with Crippen molar-refractivity contribution in [2.24, 2.45) is 0 Å². The Bertz CT molecular complexity index is 1140. The van der Waals surface area contributed by atoms with Gasteiger partial charge in [-0.05, 0) is 30.3 Å². The smallest absolute Gasteiger partial charge is 0.337 e. The van der Waals surface area contributed by atoms with Crippen molar-refractivity contribution in [3.63, 3.8) is 0 Å². The van der Waals surface area contributed by atoms with Crippen LogP contribution in [-0.2, 0) is 4.74 Å². The van der Waals surface area contributed by atoms with Gasteiger partial charge in [0.05, 0.1) is 38.3 Å². The SMILES string of the molecule is COC(=O)c1cccc(C(=O)Nc2cc(OC)c(NC(=O)c3ccccc3)cc2OC)c1. The van der Waals surface area contributed by atoms with Gasteiger partial charge in [0.1, 0.15) is 11.5 Å². The van der Waals surface area contributed by atoms with Crippen LogP contribution >= 0.6 is 0 Å². The van der Waals surface area contributed by atoms with Crippen molar-refractivity contribution in [3.05, 3.63) is 83.4 Å². The second-order valence-electron chi connectivity index (χ2n) is 6.60. The van der Waals surface area contributed by atoms with Crippen molar-refractivity contribution >= 4 is 29.2 Å². The van der Waals surface area contributed by atoms with Gasteiger partial charge in [0.15, 0.2) is 0 Å². The van der Waals surface area contributed by atoms with E-state index >= 15 is 0 Å². The molecule has 8 heteroatoms. The van der Waals surface area contributed by atoms with E-state index in [0.717, 1.165) is 0 Å². The Labute approximate surface area is 185 Å². The van der Waals surface area contributed by atoms with E-state index in [1.165, 1.54) is 27.4 Å². The normalized spacial score (nSPS) is 10.1. The van der Waals surface area contributed by atoms with E-state index in [4.69, 9.17) is 14.2 Å². The highest BCUT2D eigenvalue weighted by molar-refractivity contribution is 6.08. The number of hydrogen-bond donors (Lipinski definition) is 2. The highest BCUT2D eigenvalue weighted by atomic mass is 16.5. The molecule has 0 radical (unpaired) electrons. The maximum Gasteiger partial charge on any atom is 0.337 e. The fourth-order valence-electron chi connectivity index (χ4n) is 2.98. The molecule has 0 aliphatic rings. The Morgan fingerprint density at radius 3 is 1.66 bits per heavy atom. The lowest BCUT2D eigenvalue weighted by atomic mass is 10.1. The molecule has 0 spiro atoms. The average molecular weight is 434 g/mol. The van der Waals surface area contributed by atoms with Crippen LogP contribution in [0.4, 0.5) is 11.4 Å². The van der Waals surface area contributed by atoms with Crippen LogP contribution in [0.3, 0.4) is 0 Å². The summed E-state index contributed by atoms with van der Waals surface area (Å²) >= 11 is 0. The zero-order chi connectivity index (χ0) is 23.1. The largest absolute Gasteiger partial charge is 0.494 e. The van der Waals surface area contributed by atoms with Gasteiger partial charge in [-0.15, -0.1) is 0 Å². The number of amides is 2. The van der Waals surface area contributed by atoms with Gasteiger partial charge in [-0.3, -0.25) is 9.59 Å². The second-order valence-corrected chi connectivity index (χ2v) is 6.60. The van der Waals surface area contributed by atoms with E-state index < -0.39 is 11.9 Å². The zero-order valence-corrected chi connectivity index (χ0v) is 17.8. The van der Waals surface area contributed by atoms with Crippen LogP contribution in [0.1, 0.15) is 31.1 Å². The van der Waals surface area contributed by atoms with Crippen molar-refractivity contribution in [1.29, 1.82) is 0 Å². The fourth-order valence-corrected chi connectivity index (χ4v) is 2.98. The average Bonchev–Trinajstić information content (AvgIpc) is 2.84. The Balaban J connectivity index is 1.87. The van der Waals surface area contributed by atoms with E-state index in [1.54, 1.807) is 54.6 Å². The van der Waals surface area contributed by atoms with E-state index in [1.807, 2.05) is 6.07 Å². The summed E-state index contributed by atoms with van der Waals surface area (Å²) in [6, 6.07) is 18.0. The number of hydrogen-bond acceptors (Lipinski definition) is 6. The second kappa shape index (κ2) is 10.1. The van der Waals surface area contributed by atoms with Gasteiger partial charge in [0.25, 0.3) is 11.8 Å². The fraction of sp³-hybridized carbons (Fsp3) is 0.125. The third-order valence-corrected chi connectivity index (χ3v) is 4.60. The van der Waals surface area contributed by atoms with Crippen molar-refractivity contribution in [2.45, 2.75) is 0 Å². The molecule has 0 unspecified atom stereocenters. The summed E-state index contributed by atoms with van der Waals surface area (Å²) in [6.45, 7) is 0. The summed E-state index contributed by atoms with van der Waals surface area (Å²) in [5.41, 5.74) is 1.70. The molecule has 164 valence electrons. The minimum absolute atomic E-state index is 0.253. The molecule has 3 aromatic carbocycles. The van der Waals surface area contributed by atoms with E-state index in [2.05, 4.69) is 10.6 Å². The van der Waals surface area contributed by atoms with Gasteiger partial charge in [-0.2, -0.15) is 0 Å². The van der Waals surface area contributed by atoms with E-state index in [9.17, 15) is 14.4 Å². The molecule has 0 saturated carbocycles. The number of benzene rings is 3. The molecule has 0 bridgehead atoms. The van der Waals surface area contributed by atoms with Gasteiger partial charge in [0, 0.05) is 23.3 Å². The first-order valence-electron chi connectivity index (χ1n) is 9.59. The lowest BCUT2D eigenvalue weighted by molar-refractivity contribution is 0.0600. The Kier molecular flexibility index (Phi) is 7.07. The molecule has 0 heterocycles. The monoisotopic (exact) mass is 434 g/mol. The summed E-state index contributed by atoms with van der Waals surface area (Å²) in [4.78, 5) is 37.0. The molecule has 3 rings (SSSR count). The van der Waals surface area contributed by atoms with Crippen LogP contribution in [0, 0.1) is 0 Å². The minimum Gasteiger partial charge on any atom is -0.494 e. The Morgan fingerprint density at radius 2 is 1.12 bits per heavy atom. The third-order valence-electron chi connectivity index (χ3n) is 4.60. The first-order chi connectivity index (χ1) is 15.5. The number of carbonyl (C=O) groups excluding carboxylic acids is 3. The quantitative estimate of drug-likeness (QED) is 0.545. The first-order valence-corrected chi connectivity index (χ1v) is 9.59. The van der Waals surface area contributed by atoms with Crippen molar-refractivity contribution in [1.82, 2.24) is 0 Å². The number of methoxy groups -OCH3 is 3. The number of esters is 1. The highest BCUT2D eigenvalue weighted by Crippen LogP contribution is 2.37. The van der Waals surface area contributed by atoms with Crippen molar-refractivity contribution < 1.29 is 28.6 Å². The summed E-state index contributed by atoms with van der Waals surface area (Å²) in [5, 5.41) is 5.52. The topological polar surface area (TPSA) is 103 Å². The summed E-state index contributed by atoms with van der Waals surface area (Å²) in [5.74, 6) is -0.683. The molecular formula is C24H22N2O6. The van der Waals surface area contributed by atoms with E-state index in [0.29, 0.717) is 28.4 Å². The molecule has 0 aromatic heterocycles. The molecule has 0 aliphatic carbocycles. The standard InChI is InChI=1S/C24H22N2O6/c1-30-20-14-19(26-23(28)16-10-7-11-17(12-16)24(29)32-3)21(31-2)13-18(20)25-22(27)15-8-5-4-6-9-15/h4-14H,1-3H3,(H,25,27)(H,26,28). The van der Waals surface area contributed by atoms with Crippen molar-refractivity contribution in [2.75, 3.05) is 32.0 Å². The lowest BCUT2D eigenvalue weighted by Crippen LogP contribution is -2.15. The Morgan fingerprint density at radius 1 is 0.625 bits per heavy atom. The van der Waals surface area contributed by atoms with Crippen molar-refractivity contribution in [3.8, 4) is 11.5 Å². The number of anilines is 2. The molecule has 0 saturated heterocycles. The molecular weight excluding hydrogens is 412 g/mol. The van der Waals surface area contributed by atoms with Gasteiger partial charge in [-0.25, -0.2) is 4.79 Å². The molecule has 8 nitrogen and oxygen atoms in total.